The summed E-state index contributed by atoms with van der Waals surface area (Å²) in [5, 5.41) is 11.4. The summed E-state index contributed by atoms with van der Waals surface area (Å²) in [6, 6.07) is 1.72. The molecular formula is C17H13F3N2O6. The molecule has 0 unspecified atom stereocenters. The molecule has 1 heterocycles. The van der Waals surface area contributed by atoms with Crippen molar-refractivity contribution in [3.63, 3.8) is 0 Å². The molecule has 1 aromatic carbocycles. The van der Waals surface area contributed by atoms with Crippen LogP contribution in [-0.2, 0) is 25.2 Å². The minimum absolute atomic E-state index is 0.356. The van der Waals surface area contributed by atoms with E-state index in [9.17, 15) is 32.9 Å². The first-order valence-electron chi connectivity index (χ1n) is 7.52. The first-order chi connectivity index (χ1) is 13.1. The Morgan fingerprint density at radius 3 is 2.29 bits per heavy atom. The van der Waals surface area contributed by atoms with Crippen LogP contribution in [0.4, 0.5) is 24.5 Å². The van der Waals surface area contributed by atoms with Crippen LogP contribution in [0.3, 0.4) is 0 Å². The van der Waals surface area contributed by atoms with Crippen molar-refractivity contribution in [1.29, 1.82) is 0 Å². The molecule has 0 spiro atoms. The van der Waals surface area contributed by atoms with E-state index in [4.69, 9.17) is 0 Å². The van der Waals surface area contributed by atoms with E-state index in [-0.39, 0.29) is 5.57 Å². The van der Waals surface area contributed by atoms with Gasteiger partial charge in [-0.15, -0.1) is 0 Å². The van der Waals surface area contributed by atoms with Crippen LogP contribution in [0, 0.1) is 10.1 Å². The molecule has 1 aliphatic heterocycles. The van der Waals surface area contributed by atoms with E-state index in [0.29, 0.717) is 18.2 Å². The number of halogens is 3. The molecule has 0 amide bonds. The van der Waals surface area contributed by atoms with Gasteiger partial charge in [-0.05, 0) is 24.3 Å². The SMILES string of the molecule is COC(=O)C1=C(C(=O)OC)N(c2cc(C(F)(F)F)ccc2[N+](=O)[O-])C=CC=C1. The zero-order valence-electron chi connectivity index (χ0n) is 14.5. The van der Waals surface area contributed by atoms with Crippen LogP contribution < -0.4 is 4.90 Å². The third-order valence-electron chi connectivity index (χ3n) is 3.65. The van der Waals surface area contributed by atoms with Crippen molar-refractivity contribution >= 4 is 23.3 Å². The molecule has 0 saturated heterocycles. The summed E-state index contributed by atoms with van der Waals surface area (Å²) in [5.41, 5.74) is -3.37. The Bertz CT molecular complexity index is 918. The normalized spacial score (nSPS) is 14.0. The van der Waals surface area contributed by atoms with Crippen molar-refractivity contribution in [2.45, 2.75) is 6.18 Å². The molecular weight excluding hydrogens is 385 g/mol. The number of carbonyl (C=O) groups is 2. The molecule has 0 bridgehead atoms. The Balaban J connectivity index is 2.84. The van der Waals surface area contributed by atoms with Gasteiger partial charge >= 0.3 is 18.1 Å². The fourth-order valence-corrected chi connectivity index (χ4v) is 2.40. The van der Waals surface area contributed by atoms with E-state index in [1.54, 1.807) is 0 Å². The Hall–Kier alpha value is -3.63. The van der Waals surface area contributed by atoms with E-state index in [1.165, 1.54) is 18.2 Å². The largest absolute Gasteiger partial charge is 0.465 e. The second kappa shape index (κ2) is 7.94. The van der Waals surface area contributed by atoms with Gasteiger partial charge in [-0.1, -0.05) is 6.08 Å². The zero-order valence-corrected chi connectivity index (χ0v) is 14.5. The maximum absolute atomic E-state index is 13.1. The number of esters is 2. The summed E-state index contributed by atoms with van der Waals surface area (Å²) in [4.78, 5) is 35.6. The molecule has 0 saturated carbocycles. The molecule has 0 atom stereocenters. The van der Waals surface area contributed by atoms with Gasteiger partial charge in [0, 0.05) is 12.3 Å². The van der Waals surface area contributed by atoms with E-state index in [1.807, 2.05) is 0 Å². The average Bonchev–Trinajstić information content (AvgIpc) is 2.88. The molecule has 0 fully saturated rings. The highest BCUT2D eigenvalue weighted by Crippen LogP contribution is 2.39. The van der Waals surface area contributed by atoms with E-state index in [0.717, 1.165) is 25.3 Å². The van der Waals surface area contributed by atoms with Crippen molar-refractivity contribution in [3.8, 4) is 0 Å². The smallest absolute Gasteiger partial charge is 0.416 e. The topological polar surface area (TPSA) is 99.0 Å². The lowest BCUT2D eigenvalue weighted by Gasteiger charge is -2.23. The molecule has 0 aromatic heterocycles. The molecule has 1 aliphatic rings. The van der Waals surface area contributed by atoms with Crippen molar-refractivity contribution < 1.29 is 37.2 Å². The number of carbonyl (C=O) groups excluding carboxylic acids is 2. The summed E-state index contributed by atoms with van der Waals surface area (Å²) in [6.45, 7) is 0. The average molecular weight is 398 g/mol. The molecule has 0 aliphatic carbocycles. The number of hydrogen-bond donors (Lipinski definition) is 0. The summed E-state index contributed by atoms with van der Waals surface area (Å²) < 4.78 is 48.6. The quantitative estimate of drug-likeness (QED) is 0.437. The molecule has 0 N–H and O–H groups in total. The monoisotopic (exact) mass is 398 g/mol. The first kappa shape index (κ1) is 20.7. The van der Waals surface area contributed by atoms with Crippen LogP contribution in [0.1, 0.15) is 5.56 Å². The number of hydrogen-bond acceptors (Lipinski definition) is 7. The van der Waals surface area contributed by atoms with Crippen LogP contribution in [0.25, 0.3) is 0 Å². The molecule has 1 aromatic rings. The lowest BCUT2D eigenvalue weighted by molar-refractivity contribution is -0.384. The number of anilines is 1. The van der Waals surface area contributed by atoms with Crippen LogP contribution in [-0.4, -0.2) is 31.1 Å². The standard InChI is InChI=1S/C17H13F3N2O6/c1-27-15(23)11-5-3-4-8-21(14(11)16(24)28-2)13-9-10(17(18,19)20)6-7-12(13)22(25)26/h3-9H,1-2H3. The lowest BCUT2D eigenvalue weighted by atomic mass is 10.1. The van der Waals surface area contributed by atoms with Crippen molar-refractivity contribution in [2.24, 2.45) is 0 Å². The predicted octanol–water partition coefficient (Wildman–Crippen LogP) is 3.10. The van der Waals surface area contributed by atoms with Crippen molar-refractivity contribution in [1.82, 2.24) is 0 Å². The Morgan fingerprint density at radius 1 is 1.11 bits per heavy atom. The molecule has 2 rings (SSSR count). The van der Waals surface area contributed by atoms with E-state index in [2.05, 4.69) is 9.47 Å². The number of alkyl halides is 3. The highest BCUT2D eigenvalue weighted by atomic mass is 19.4. The van der Waals surface area contributed by atoms with Gasteiger partial charge in [-0.25, -0.2) is 9.59 Å². The maximum Gasteiger partial charge on any atom is 0.416 e. The molecule has 0 radical (unpaired) electrons. The summed E-state index contributed by atoms with van der Waals surface area (Å²) >= 11 is 0. The number of rotatable bonds is 4. The summed E-state index contributed by atoms with van der Waals surface area (Å²) in [5.74, 6) is -2.09. The highest BCUT2D eigenvalue weighted by Gasteiger charge is 2.36. The van der Waals surface area contributed by atoms with Gasteiger partial charge in [0.2, 0.25) is 0 Å². The van der Waals surface area contributed by atoms with Crippen LogP contribution in [0.5, 0.6) is 0 Å². The predicted molar refractivity (Wildman–Crippen MR) is 89.9 cm³/mol. The van der Waals surface area contributed by atoms with Crippen molar-refractivity contribution in [2.75, 3.05) is 19.1 Å². The number of allylic oxidation sites excluding steroid dienone is 2. The number of nitro groups is 1. The third kappa shape index (κ3) is 4.03. The molecule has 148 valence electrons. The van der Waals surface area contributed by atoms with Crippen LogP contribution >= 0.6 is 0 Å². The van der Waals surface area contributed by atoms with Crippen molar-refractivity contribution in [3.05, 3.63) is 69.6 Å². The van der Waals surface area contributed by atoms with Gasteiger partial charge in [-0.2, -0.15) is 13.2 Å². The van der Waals surface area contributed by atoms with Crippen LogP contribution in [0.2, 0.25) is 0 Å². The van der Waals surface area contributed by atoms with Gasteiger partial charge in [0.25, 0.3) is 5.69 Å². The highest BCUT2D eigenvalue weighted by molar-refractivity contribution is 6.05. The van der Waals surface area contributed by atoms with Gasteiger partial charge in [0.15, 0.2) is 0 Å². The fraction of sp³-hybridized carbons (Fsp3) is 0.176. The Labute approximate surface area is 156 Å². The number of methoxy groups -OCH3 is 2. The lowest BCUT2D eigenvalue weighted by Crippen LogP contribution is -2.27. The summed E-state index contributed by atoms with van der Waals surface area (Å²) in [7, 11) is 2.02. The van der Waals surface area contributed by atoms with Gasteiger partial charge in [0.05, 0.1) is 30.3 Å². The fourth-order valence-electron chi connectivity index (χ4n) is 2.40. The molecule has 11 heteroatoms. The van der Waals surface area contributed by atoms with Gasteiger partial charge < -0.3 is 14.4 Å². The van der Waals surface area contributed by atoms with Gasteiger partial charge in [0.1, 0.15) is 11.4 Å². The first-order valence-corrected chi connectivity index (χ1v) is 7.52. The Morgan fingerprint density at radius 2 is 1.75 bits per heavy atom. The number of nitro benzene ring substituents is 1. The summed E-state index contributed by atoms with van der Waals surface area (Å²) in [6.07, 6.45) is 0.0741. The number of benzene rings is 1. The number of ether oxygens (including phenoxy) is 2. The Kier molecular flexibility index (Phi) is 5.87. The van der Waals surface area contributed by atoms with Gasteiger partial charge in [-0.3, -0.25) is 10.1 Å². The minimum atomic E-state index is -4.79. The molecule has 28 heavy (non-hydrogen) atoms. The van der Waals surface area contributed by atoms with E-state index >= 15 is 0 Å². The zero-order chi connectivity index (χ0) is 21.1. The maximum atomic E-state index is 13.1. The number of nitrogens with zero attached hydrogens (tertiary/aromatic N) is 2. The minimum Gasteiger partial charge on any atom is -0.465 e. The van der Waals surface area contributed by atoms with Crippen LogP contribution in [0.15, 0.2) is 53.9 Å². The van der Waals surface area contributed by atoms with E-state index < -0.39 is 45.7 Å². The third-order valence-corrected chi connectivity index (χ3v) is 3.65. The second-order valence-corrected chi connectivity index (χ2v) is 5.27. The second-order valence-electron chi connectivity index (χ2n) is 5.27. The molecule has 8 nitrogen and oxygen atoms in total.